The van der Waals surface area contributed by atoms with Gasteiger partial charge in [0.05, 0.1) is 18.9 Å². The van der Waals surface area contributed by atoms with Gasteiger partial charge in [0.15, 0.2) is 9.84 Å². The zero-order valence-electron chi connectivity index (χ0n) is 10.8. The summed E-state index contributed by atoms with van der Waals surface area (Å²) in [5.41, 5.74) is 0.586. The highest BCUT2D eigenvalue weighted by molar-refractivity contribution is 7.94. The van der Waals surface area contributed by atoms with Crippen molar-refractivity contribution >= 4 is 33.0 Å². The molecule has 0 spiro atoms. The number of methoxy groups -OCH3 is 1. The van der Waals surface area contributed by atoms with Crippen molar-refractivity contribution in [1.29, 1.82) is 0 Å². The number of carbonyl (C=O) groups is 1. The largest absolute Gasteiger partial charge is 0.497 e. The molecule has 5 nitrogen and oxygen atoms in total. The topological polar surface area (TPSA) is 63.7 Å². The fourth-order valence-electron chi connectivity index (χ4n) is 2.05. The maximum atomic E-state index is 12.0. The smallest absolute Gasteiger partial charge is 0.242 e. The normalized spacial score (nSPS) is 19.8. The minimum Gasteiger partial charge on any atom is -0.497 e. The van der Waals surface area contributed by atoms with Gasteiger partial charge in [0.1, 0.15) is 11.6 Å². The van der Waals surface area contributed by atoms with Crippen molar-refractivity contribution < 1.29 is 17.9 Å². The molecule has 0 saturated heterocycles. The fraction of sp³-hybridized carbons (Fsp3) is 0.308. The SMILES string of the molecule is COc1ccc(N(C(=O)CCl)[C@H]2C=CS(=O)(=O)C2)cc1. The fourth-order valence-corrected chi connectivity index (χ4v) is 3.44. The summed E-state index contributed by atoms with van der Waals surface area (Å²) < 4.78 is 28.1. The van der Waals surface area contributed by atoms with Crippen LogP contribution in [-0.2, 0) is 14.6 Å². The predicted molar refractivity (Wildman–Crippen MR) is 77.9 cm³/mol. The van der Waals surface area contributed by atoms with E-state index in [2.05, 4.69) is 0 Å². The van der Waals surface area contributed by atoms with Gasteiger partial charge in [0.25, 0.3) is 0 Å². The van der Waals surface area contributed by atoms with Crippen molar-refractivity contribution in [3.8, 4) is 5.75 Å². The second kappa shape index (κ2) is 5.85. The molecule has 1 heterocycles. The van der Waals surface area contributed by atoms with E-state index in [1.807, 2.05) is 0 Å². The van der Waals surface area contributed by atoms with Gasteiger partial charge in [-0.05, 0) is 30.3 Å². The molecule has 1 atom stereocenters. The second-order valence-electron chi connectivity index (χ2n) is 4.32. The lowest BCUT2D eigenvalue weighted by Gasteiger charge is -2.27. The highest BCUT2D eigenvalue weighted by Crippen LogP contribution is 2.25. The van der Waals surface area contributed by atoms with E-state index in [1.165, 1.54) is 11.0 Å². The van der Waals surface area contributed by atoms with E-state index in [4.69, 9.17) is 16.3 Å². The molecule has 0 aromatic heterocycles. The number of halogens is 1. The first-order valence-corrected chi connectivity index (χ1v) is 8.15. The highest BCUT2D eigenvalue weighted by Gasteiger charge is 2.30. The molecule has 1 aliphatic rings. The van der Waals surface area contributed by atoms with E-state index < -0.39 is 15.9 Å². The minimum atomic E-state index is -3.25. The minimum absolute atomic E-state index is 0.123. The van der Waals surface area contributed by atoms with Crippen LogP contribution in [0.25, 0.3) is 0 Å². The molecule has 0 N–H and O–H groups in total. The first-order valence-electron chi connectivity index (χ1n) is 5.90. The summed E-state index contributed by atoms with van der Waals surface area (Å²) in [6, 6.07) is 6.28. The molecular weight excluding hydrogens is 302 g/mol. The standard InChI is InChI=1S/C13H14ClNO4S/c1-19-12-4-2-10(3-5-12)15(13(16)8-14)11-6-7-20(17,18)9-11/h2-7,11H,8-9H2,1H3/t11-/m0/s1. The summed E-state index contributed by atoms with van der Waals surface area (Å²) in [6.45, 7) is 0. The zero-order valence-corrected chi connectivity index (χ0v) is 12.4. The molecule has 0 radical (unpaired) electrons. The number of ether oxygens (including phenoxy) is 1. The quantitative estimate of drug-likeness (QED) is 0.791. The van der Waals surface area contributed by atoms with Crippen LogP contribution in [0.3, 0.4) is 0 Å². The maximum Gasteiger partial charge on any atom is 0.242 e. The Bertz CT molecular complexity index is 624. The lowest BCUT2D eigenvalue weighted by Crippen LogP contribution is -2.41. The Morgan fingerprint density at radius 3 is 2.50 bits per heavy atom. The van der Waals surface area contributed by atoms with Crippen LogP contribution in [0.2, 0.25) is 0 Å². The number of nitrogens with zero attached hydrogens (tertiary/aromatic N) is 1. The van der Waals surface area contributed by atoms with Crippen LogP contribution >= 0.6 is 11.6 Å². The Balaban J connectivity index is 2.33. The molecule has 1 aliphatic heterocycles. The molecule has 1 amide bonds. The summed E-state index contributed by atoms with van der Waals surface area (Å²) in [4.78, 5) is 13.4. The van der Waals surface area contributed by atoms with Gasteiger partial charge in [-0.25, -0.2) is 8.42 Å². The monoisotopic (exact) mass is 315 g/mol. The molecule has 0 aliphatic carbocycles. The van der Waals surface area contributed by atoms with Gasteiger partial charge in [-0.3, -0.25) is 4.79 Å². The highest BCUT2D eigenvalue weighted by atomic mass is 35.5. The van der Waals surface area contributed by atoms with E-state index in [0.717, 1.165) is 5.41 Å². The number of amides is 1. The average molecular weight is 316 g/mol. The van der Waals surface area contributed by atoms with Crippen molar-refractivity contribution in [2.75, 3.05) is 23.6 Å². The number of hydrogen-bond donors (Lipinski definition) is 0. The number of benzene rings is 1. The van der Waals surface area contributed by atoms with Crippen molar-refractivity contribution in [3.05, 3.63) is 35.7 Å². The Kier molecular flexibility index (Phi) is 4.35. The van der Waals surface area contributed by atoms with E-state index >= 15 is 0 Å². The lowest BCUT2D eigenvalue weighted by molar-refractivity contribution is -0.116. The van der Waals surface area contributed by atoms with Crippen LogP contribution in [-0.4, -0.2) is 39.1 Å². The third kappa shape index (κ3) is 3.13. The summed E-state index contributed by atoms with van der Waals surface area (Å²) in [5, 5.41) is 1.13. The Morgan fingerprint density at radius 1 is 1.40 bits per heavy atom. The molecule has 0 bridgehead atoms. The van der Waals surface area contributed by atoms with Gasteiger partial charge in [0, 0.05) is 11.1 Å². The number of alkyl halides is 1. The summed E-state index contributed by atoms with van der Waals surface area (Å²) in [7, 11) is -1.70. The van der Waals surface area contributed by atoms with Crippen LogP contribution in [0.5, 0.6) is 5.75 Å². The van der Waals surface area contributed by atoms with Gasteiger partial charge in [-0.1, -0.05) is 0 Å². The third-order valence-electron chi connectivity index (χ3n) is 2.98. The van der Waals surface area contributed by atoms with Crippen molar-refractivity contribution in [3.63, 3.8) is 0 Å². The molecule has 2 rings (SSSR count). The third-order valence-corrected chi connectivity index (χ3v) is 4.58. The van der Waals surface area contributed by atoms with Crippen molar-refractivity contribution in [1.82, 2.24) is 0 Å². The number of anilines is 1. The molecule has 7 heteroatoms. The molecule has 1 aromatic rings. The molecule has 1 aromatic carbocycles. The van der Waals surface area contributed by atoms with Gasteiger partial charge in [0.2, 0.25) is 5.91 Å². The van der Waals surface area contributed by atoms with Gasteiger partial charge >= 0.3 is 0 Å². The van der Waals surface area contributed by atoms with Crippen LogP contribution in [0.15, 0.2) is 35.7 Å². The first-order chi connectivity index (χ1) is 9.46. The van der Waals surface area contributed by atoms with Gasteiger partial charge < -0.3 is 9.64 Å². The van der Waals surface area contributed by atoms with Gasteiger partial charge in [-0.15, -0.1) is 11.6 Å². The van der Waals surface area contributed by atoms with Gasteiger partial charge in [-0.2, -0.15) is 0 Å². The maximum absolute atomic E-state index is 12.0. The van der Waals surface area contributed by atoms with E-state index in [9.17, 15) is 13.2 Å². The number of carbonyl (C=O) groups excluding carboxylic acids is 1. The number of rotatable bonds is 4. The Morgan fingerprint density at radius 2 is 2.05 bits per heavy atom. The molecular formula is C13H14ClNO4S. The Hall–Kier alpha value is -1.53. The lowest BCUT2D eigenvalue weighted by atomic mass is 10.2. The molecule has 0 fully saturated rings. The zero-order chi connectivity index (χ0) is 14.8. The summed E-state index contributed by atoms with van der Waals surface area (Å²) in [6.07, 6.45) is 1.50. The second-order valence-corrected chi connectivity index (χ2v) is 6.52. The summed E-state index contributed by atoms with van der Waals surface area (Å²) in [5.74, 6) is -0.0249. The van der Waals surface area contributed by atoms with Crippen molar-refractivity contribution in [2.45, 2.75) is 6.04 Å². The van der Waals surface area contributed by atoms with E-state index in [-0.39, 0.29) is 17.5 Å². The average Bonchev–Trinajstić information content (AvgIpc) is 2.79. The number of hydrogen-bond acceptors (Lipinski definition) is 4. The summed E-state index contributed by atoms with van der Waals surface area (Å²) >= 11 is 5.62. The van der Waals surface area contributed by atoms with Crippen LogP contribution in [0, 0.1) is 0 Å². The van der Waals surface area contributed by atoms with Crippen LogP contribution in [0.4, 0.5) is 5.69 Å². The molecule has 20 heavy (non-hydrogen) atoms. The Labute approximate surface area is 122 Å². The predicted octanol–water partition coefficient (Wildman–Crippen LogP) is 1.58. The van der Waals surface area contributed by atoms with Crippen LogP contribution in [0.1, 0.15) is 0 Å². The van der Waals surface area contributed by atoms with Crippen LogP contribution < -0.4 is 9.64 Å². The van der Waals surface area contributed by atoms with Crippen molar-refractivity contribution in [2.24, 2.45) is 0 Å². The van der Waals surface area contributed by atoms with E-state index in [0.29, 0.717) is 11.4 Å². The first kappa shape index (κ1) is 14.9. The molecule has 0 saturated carbocycles. The molecule has 108 valence electrons. The van der Waals surface area contributed by atoms with E-state index in [1.54, 1.807) is 31.4 Å². The number of sulfone groups is 1. The molecule has 0 unspecified atom stereocenters.